The van der Waals surface area contributed by atoms with Crippen molar-refractivity contribution >= 4 is 17.9 Å². The van der Waals surface area contributed by atoms with Crippen molar-refractivity contribution in [1.82, 2.24) is 5.32 Å². The summed E-state index contributed by atoms with van der Waals surface area (Å²) >= 11 is 0. The second kappa shape index (κ2) is 4.40. The fourth-order valence-corrected chi connectivity index (χ4v) is 2.14. The van der Waals surface area contributed by atoms with E-state index in [1.165, 1.54) is 6.07 Å². The molecule has 1 amide bonds. The van der Waals surface area contributed by atoms with E-state index in [0.29, 0.717) is 25.1 Å². The molecule has 0 saturated carbocycles. The zero-order chi connectivity index (χ0) is 13.3. The summed E-state index contributed by atoms with van der Waals surface area (Å²) in [6.45, 7) is 4.51. The van der Waals surface area contributed by atoms with Crippen LogP contribution in [0.25, 0.3) is 0 Å². The van der Waals surface area contributed by atoms with Gasteiger partial charge in [-0.25, -0.2) is 4.39 Å². The molecule has 0 atom stereocenters. The van der Waals surface area contributed by atoms with Gasteiger partial charge in [-0.05, 0) is 32.0 Å². The summed E-state index contributed by atoms with van der Waals surface area (Å²) in [6, 6.07) is 4.28. The van der Waals surface area contributed by atoms with Crippen LogP contribution >= 0.6 is 0 Å². The lowest BCUT2D eigenvalue weighted by Gasteiger charge is -2.42. The Bertz CT molecular complexity index is 500. The van der Waals surface area contributed by atoms with Crippen LogP contribution in [0.15, 0.2) is 18.2 Å². The lowest BCUT2D eigenvalue weighted by atomic mass is 9.97. The molecule has 2 rings (SSSR count). The highest BCUT2D eigenvalue weighted by Gasteiger charge is 2.38. The zero-order valence-electron chi connectivity index (χ0n) is 10.4. The molecule has 1 aromatic carbocycles. The first-order chi connectivity index (χ1) is 8.46. The summed E-state index contributed by atoms with van der Waals surface area (Å²) in [7, 11) is 0. The average molecular weight is 250 g/mol. The number of amides is 1. The van der Waals surface area contributed by atoms with E-state index in [4.69, 9.17) is 0 Å². The van der Waals surface area contributed by atoms with E-state index >= 15 is 0 Å². The van der Waals surface area contributed by atoms with E-state index in [0.717, 1.165) is 0 Å². The third kappa shape index (κ3) is 1.96. The molecule has 0 aliphatic carbocycles. The normalized spacial score (nSPS) is 18.4. The number of halogens is 1. The van der Waals surface area contributed by atoms with Gasteiger partial charge in [-0.1, -0.05) is 0 Å². The summed E-state index contributed by atoms with van der Waals surface area (Å²) < 4.78 is 14.0. The Hall–Kier alpha value is -1.91. The summed E-state index contributed by atoms with van der Waals surface area (Å²) in [6.07, 6.45) is 0.598. The van der Waals surface area contributed by atoms with Crippen LogP contribution in [0.3, 0.4) is 0 Å². The lowest BCUT2D eigenvalue weighted by molar-refractivity contribution is -0.126. The number of nitrogens with one attached hydrogen (secondary N) is 1. The largest absolute Gasteiger partial charge is 0.353 e. The van der Waals surface area contributed by atoms with Crippen molar-refractivity contribution < 1.29 is 14.0 Å². The van der Waals surface area contributed by atoms with Gasteiger partial charge < -0.3 is 10.2 Å². The molecule has 1 heterocycles. The van der Waals surface area contributed by atoms with Gasteiger partial charge in [0.25, 0.3) is 0 Å². The van der Waals surface area contributed by atoms with E-state index in [-0.39, 0.29) is 11.5 Å². The molecule has 0 aromatic heterocycles. The molecule has 1 saturated heterocycles. The fourth-order valence-electron chi connectivity index (χ4n) is 2.14. The Morgan fingerprint density at radius 1 is 1.44 bits per heavy atom. The van der Waals surface area contributed by atoms with Crippen molar-refractivity contribution in [3.8, 4) is 0 Å². The number of benzene rings is 1. The third-order valence-electron chi connectivity index (χ3n) is 3.25. The van der Waals surface area contributed by atoms with Gasteiger partial charge in [0.05, 0.1) is 5.69 Å². The molecule has 0 unspecified atom stereocenters. The zero-order valence-corrected chi connectivity index (χ0v) is 10.4. The highest BCUT2D eigenvalue weighted by molar-refractivity contribution is 5.90. The van der Waals surface area contributed by atoms with Crippen LogP contribution < -0.4 is 10.2 Å². The maximum Gasteiger partial charge on any atom is 0.245 e. The standard InChI is InChI=1S/C13H15FN2O2/c1-13(2)12(18)15-5-6-16(13)11-4-3-9(8-17)7-10(11)14/h3-4,7-8H,5-6H2,1-2H3,(H,15,18). The number of rotatable bonds is 2. The van der Waals surface area contributed by atoms with Crippen molar-refractivity contribution in [2.45, 2.75) is 19.4 Å². The second-order valence-corrected chi connectivity index (χ2v) is 4.80. The van der Waals surface area contributed by atoms with Gasteiger partial charge in [-0.2, -0.15) is 0 Å². The van der Waals surface area contributed by atoms with Gasteiger partial charge in [-0.15, -0.1) is 0 Å². The van der Waals surface area contributed by atoms with Crippen molar-refractivity contribution in [2.75, 3.05) is 18.0 Å². The van der Waals surface area contributed by atoms with Gasteiger partial charge in [-0.3, -0.25) is 9.59 Å². The second-order valence-electron chi connectivity index (χ2n) is 4.80. The highest BCUT2D eigenvalue weighted by Crippen LogP contribution is 2.28. The Balaban J connectivity index is 2.41. The average Bonchev–Trinajstić information content (AvgIpc) is 2.33. The van der Waals surface area contributed by atoms with Crippen molar-refractivity contribution in [3.63, 3.8) is 0 Å². The molecule has 18 heavy (non-hydrogen) atoms. The molecule has 1 aliphatic rings. The first-order valence-electron chi connectivity index (χ1n) is 5.77. The Kier molecular flexibility index (Phi) is 3.07. The number of nitrogens with zero attached hydrogens (tertiary/aromatic N) is 1. The van der Waals surface area contributed by atoms with Crippen molar-refractivity contribution in [2.24, 2.45) is 0 Å². The SMILES string of the molecule is CC1(C)C(=O)NCCN1c1ccc(C=O)cc1F. The van der Waals surface area contributed by atoms with Gasteiger partial charge in [0.1, 0.15) is 17.6 Å². The summed E-state index contributed by atoms with van der Waals surface area (Å²) in [5.41, 5.74) is -0.169. The van der Waals surface area contributed by atoms with Gasteiger partial charge in [0, 0.05) is 18.7 Å². The molecule has 1 fully saturated rings. The number of anilines is 1. The van der Waals surface area contributed by atoms with Crippen LogP contribution in [0, 0.1) is 5.82 Å². The predicted octanol–water partition coefficient (Wildman–Crippen LogP) is 1.35. The molecule has 4 nitrogen and oxygen atoms in total. The van der Waals surface area contributed by atoms with Gasteiger partial charge >= 0.3 is 0 Å². The first-order valence-corrected chi connectivity index (χ1v) is 5.77. The molecular formula is C13H15FN2O2. The Labute approximate surface area is 105 Å². The maximum absolute atomic E-state index is 14.0. The van der Waals surface area contributed by atoms with Crippen molar-refractivity contribution in [1.29, 1.82) is 0 Å². The topological polar surface area (TPSA) is 49.4 Å². The maximum atomic E-state index is 14.0. The van der Waals surface area contributed by atoms with Gasteiger partial charge in [0.15, 0.2) is 0 Å². The molecule has 1 aliphatic heterocycles. The number of carbonyl (C=O) groups excluding carboxylic acids is 2. The molecule has 5 heteroatoms. The fraction of sp³-hybridized carbons (Fsp3) is 0.385. The summed E-state index contributed by atoms with van der Waals surface area (Å²) in [4.78, 5) is 24.1. The molecule has 0 spiro atoms. The van der Waals surface area contributed by atoms with Crippen LogP contribution in [0.1, 0.15) is 24.2 Å². The first kappa shape index (κ1) is 12.5. The summed E-state index contributed by atoms with van der Waals surface area (Å²) in [5, 5.41) is 2.75. The van der Waals surface area contributed by atoms with E-state index in [9.17, 15) is 14.0 Å². The Morgan fingerprint density at radius 2 is 2.17 bits per heavy atom. The van der Waals surface area contributed by atoms with Crippen LogP contribution in [0.5, 0.6) is 0 Å². The minimum atomic E-state index is -0.804. The highest BCUT2D eigenvalue weighted by atomic mass is 19.1. The van der Waals surface area contributed by atoms with Crippen LogP contribution in [-0.4, -0.2) is 30.8 Å². The minimum absolute atomic E-state index is 0.132. The Morgan fingerprint density at radius 3 is 2.78 bits per heavy atom. The lowest BCUT2D eigenvalue weighted by Crippen LogP contribution is -2.62. The number of carbonyl (C=O) groups is 2. The monoisotopic (exact) mass is 250 g/mol. The molecule has 0 bridgehead atoms. The van der Waals surface area contributed by atoms with Gasteiger partial charge in [0.2, 0.25) is 5.91 Å². The molecular weight excluding hydrogens is 235 g/mol. The number of piperazine rings is 1. The number of hydrogen-bond donors (Lipinski definition) is 1. The predicted molar refractivity (Wildman–Crippen MR) is 66.2 cm³/mol. The van der Waals surface area contributed by atoms with E-state index in [1.807, 2.05) is 0 Å². The summed E-state index contributed by atoms with van der Waals surface area (Å²) in [5.74, 6) is -0.616. The van der Waals surface area contributed by atoms with Crippen LogP contribution in [0.2, 0.25) is 0 Å². The van der Waals surface area contributed by atoms with Crippen LogP contribution in [0.4, 0.5) is 10.1 Å². The van der Waals surface area contributed by atoms with E-state index in [2.05, 4.69) is 5.32 Å². The molecule has 0 radical (unpaired) electrons. The molecule has 1 N–H and O–H groups in total. The third-order valence-corrected chi connectivity index (χ3v) is 3.25. The van der Waals surface area contributed by atoms with Crippen LogP contribution in [-0.2, 0) is 4.79 Å². The van der Waals surface area contributed by atoms with E-state index < -0.39 is 11.4 Å². The van der Waals surface area contributed by atoms with E-state index in [1.54, 1.807) is 30.9 Å². The van der Waals surface area contributed by atoms with Crippen molar-refractivity contribution in [3.05, 3.63) is 29.6 Å². The smallest absolute Gasteiger partial charge is 0.245 e. The number of hydrogen-bond acceptors (Lipinski definition) is 3. The quantitative estimate of drug-likeness (QED) is 0.806. The minimum Gasteiger partial charge on any atom is -0.353 e. The molecule has 1 aromatic rings. The molecule has 96 valence electrons. The number of aldehydes is 1.